The minimum Gasteiger partial charge on any atom is -0.339 e. The normalized spacial score (nSPS) is 15.8. The van der Waals surface area contributed by atoms with E-state index < -0.39 is 10.0 Å². The van der Waals surface area contributed by atoms with E-state index in [1.807, 2.05) is 11.0 Å². The first kappa shape index (κ1) is 17.0. The van der Waals surface area contributed by atoms with Crippen molar-refractivity contribution in [1.29, 1.82) is 0 Å². The molecule has 0 saturated carbocycles. The molecule has 1 fully saturated rings. The standard InChI is InChI=1S/C17H20N2O3S2/c20-17(19-10-6-1-2-7-11-19)14-12-16(23-13-14)24(21,22)18-15-8-4-3-5-9-15/h3-5,8-9,12-13,18H,1-2,6-7,10-11H2. The molecule has 0 bridgehead atoms. The summed E-state index contributed by atoms with van der Waals surface area (Å²) in [6, 6.07) is 10.2. The van der Waals surface area contributed by atoms with Crippen LogP contribution in [0.3, 0.4) is 0 Å². The molecule has 24 heavy (non-hydrogen) atoms. The molecule has 7 heteroatoms. The predicted molar refractivity (Wildman–Crippen MR) is 95.9 cm³/mol. The van der Waals surface area contributed by atoms with Crippen molar-refractivity contribution in [2.75, 3.05) is 17.8 Å². The maximum Gasteiger partial charge on any atom is 0.271 e. The minimum atomic E-state index is -3.67. The highest BCUT2D eigenvalue weighted by Crippen LogP contribution is 2.24. The minimum absolute atomic E-state index is 0.0747. The number of hydrogen-bond donors (Lipinski definition) is 1. The van der Waals surface area contributed by atoms with Gasteiger partial charge in [0.25, 0.3) is 15.9 Å². The lowest BCUT2D eigenvalue weighted by Gasteiger charge is -2.19. The highest BCUT2D eigenvalue weighted by molar-refractivity contribution is 7.94. The molecule has 3 rings (SSSR count). The Hall–Kier alpha value is -1.86. The van der Waals surface area contributed by atoms with Crippen molar-refractivity contribution in [3.8, 4) is 0 Å². The highest BCUT2D eigenvalue weighted by Gasteiger charge is 2.22. The molecule has 2 aromatic rings. The lowest BCUT2D eigenvalue weighted by atomic mass is 10.2. The van der Waals surface area contributed by atoms with Gasteiger partial charge in [-0.3, -0.25) is 9.52 Å². The van der Waals surface area contributed by atoms with Gasteiger partial charge in [-0.05, 0) is 31.0 Å². The Morgan fingerprint density at radius 2 is 1.71 bits per heavy atom. The van der Waals surface area contributed by atoms with Gasteiger partial charge in [0.05, 0.1) is 5.56 Å². The molecule has 1 saturated heterocycles. The van der Waals surface area contributed by atoms with Gasteiger partial charge in [-0.2, -0.15) is 0 Å². The Kier molecular flexibility index (Phi) is 5.20. The molecule has 1 aliphatic heterocycles. The molecule has 0 atom stereocenters. The molecule has 5 nitrogen and oxygen atoms in total. The van der Waals surface area contributed by atoms with Crippen LogP contribution in [0.5, 0.6) is 0 Å². The first-order chi connectivity index (χ1) is 11.6. The van der Waals surface area contributed by atoms with Crippen molar-refractivity contribution >= 4 is 33.0 Å². The number of sulfonamides is 1. The Bertz CT molecular complexity index is 792. The van der Waals surface area contributed by atoms with Crippen molar-refractivity contribution < 1.29 is 13.2 Å². The van der Waals surface area contributed by atoms with Gasteiger partial charge in [0, 0.05) is 24.2 Å². The molecule has 0 aliphatic carbocycles. The molecule has 1 amide bonds. The van der Waals surface area contributed by atoms with Crippen LogP contribution in [-0.4, -0.2) is 32.3 Å². The zero-order valence-electron chi connectivity index (χ0n) is 13.3. The lowest BCUT2D eigenvalue weighted by Crippen LogP contribution is -2.31. The Labute approximate surface area is 146 Å². The number of anilines is 1. The van der Waals surface area contributed by atoms with Crippen molar-refractivity contribution in [1.82, 2.24) is 4.90 Å². The molecule has 1 aromatic carbocycles. The number of carbonyl (C=O) groups is 1. The summed E-state index contributed by atoms with van der Waals surface area (Å²) in [5.74, 6) is -0.0747. The summed E-state index contributed by atoms with van der Waals surface area (Å²) >= 11 is 1.08. The number of rotatable bonds is 4. The quantitative estimate of drug-likeness (QED) is 0.902. The predicted octanol–water partition coefficient (Wildman–Crippen LogP) is 3.57. The van der Waals surface area contributed by atoms with Gasteiger partial charge in [0.1, 0.15) is 4.21 Å². The number of nitrogens with one attached hydrogen (secondary N) is 1. The van der Waals surface area contributed by atoms with Crippen molar-refractivity contribution in [3.63, 3.8) is 0 Å². The zero-order valence-corrected chi connectivity index (χ0v) is 14.9. The third-order valence-electron chi connectivity index (χ3n) is 4.01. The van der Waals surface area contributed by atoms with Crippen molar-refractivity contribution in [2.24, 2.45) is 0 Å². The first-order valence-corrected chi connectivity index (χ1v) is 10.4. The zero-order chi connectivity index (χ0) is 17.0. The number of likely N-dealkylation sites (tertiary alicyclic amines) is 1. The molecular formula is C17H20N2O3S2. The summed E-state index contributed by atoms with van der Waals surface area (Å²) < 4.78 is 27.6. The lowest BCUT2D eigenvalue weighted by molar-refractivity contribution is 0.0762. The SMILES string of the molecule is O=C(c1csc(S(=O)(=O)Nc2ccccc2)c1)N1CCCCCC1. The second-order valence-corrected chi connectivity index (χ2v) is 8.65. The number of para-hydroxylation sites is 1. The monoisotopic (exact) mass is 364 g/mol. The third kappa shape index (κ3) is 3.96. The Morgan fingerprint density at radius 1 is 1.04 bits per heavy atom. The molecule has 0 radical (unpaired) electrons. The molecule has 1 aliphatic rings. The molecule has 1 N–H and O–H groups in total. The molecule has 2 heterocycles. The highest BCUT2D eigenvalue weighted by atomic mass is 32.2. The third-order valence-corrected chi connectivity index (χ3v) is 6.83. The van der Waals surface area contributed by atoms with E-state index in [4.69, 9.17) is 0 Å². The van der Waals surface area contributed by atoms with E-state index in [2.05, 4.69) is 4.72 Å². The van der Waals surface area contributed by atoms with Gasteiger partial charge >= 0.3 is 0 Å². The average molecular weight is 364 g/mol. The van der Waals surface area contributed by atoms with Crippen LogP contribution in [0, 0.1) is 0 Å². The van der Waals surface area contributed by atoms with Gasteiger partial charge < -0.3 is 4.90 Å². The number of carbonyl (C=O) groups excluding carboxylic acids is 1. The number of benzene rings is 1. The van der Waals surface area contributed by atoms with Crippen LogP contribution in [0.1, 0.15) is 36.0 Å². The number of hydrogen-bond acceptors (Lipinski definition) is 4. The van der Waals surface area contributed by atoms with Crippen LogP contribution in [0.2, 0.25) is 0 Å². The largest absolute Gasteiger partial charge is 0.339 e. The number of thiophene rings is 1. The first-order valence-electron chi connectivity index (χ1n) is 8.02. The van der Waals surface area contributed by atoms with E-state index >= 15 is 0 Å². The Balaban J connectivity index is 1.75. The number of nitrogens with zero attached hydrogens (tertiary/aromatic N) is 1. The summed E-state index contributed by atoms with van der Waals surface area (Å²) in [6.07, 6.45) is 4.31. The average Bonchev–Trinajstić information content (AvgIpc) is 2.92. The summed E-state index contributed by atoms with van der Waals surface area (Å²) in [5, 5.41) is 1.63. The maximum absolute atomic E-state index is 12.6. The van der Waals surface area contributed by atoms with E-state index in [0.717, 1.165) is 50.1 Å². The smallest absolute Gasteiger partial charge is 0.271 e. The van der Waals surface area contributed by atoms with Gasteiger partial charge in [-0.15, -0.1) is 11.3 Å². The van der Waals surface area contributed by atoms with Gasteiger partial charge in [0.15, 0.2) is 0 Å². The van der Waals surface area contributed by atoms with Crippen molar-refractivity contribution in [3.05, 3.63) is 47.3 Å². The van der Waals surface area contributed by atoms with Gasteiger partial charge in [0.2, 0.25) is 0 Å². The summed E-state index contributed by atoms with van der Waals surface area (Å²) in [6.45, 7) is 1.50. The van der Waals surface area contributed by atoms with Crippen LogP contribution in [0.4, 0.5) is 5.69 Å². The summed E-state index contributed by atoms with van der Waals surface area (Å²) in [7, 11) is -3.67. The molecular weight excluding hydrogens is 344 g/mol. The van der Waals surface area contributed by atoms with E-state index in [1.54, 1.807) is 29.6 Å². The maximum atomic E-state index is 12.6. The van der Waals surface area contributed by atoms with Crippen LogP contribution in [0.15, 0.2) is 46.0 Å². The molecule has 0 unspecified atom stereocenters. The molecule has 0 spiro atoms. The molecule has 128 valence electrons. The topological polar surface area (TPSA) is 66.5 Å². The summed E-state index contributed by atoms with van der Waals surface area (Å²) in [5.41, 5.74) is 0.960. The van der Waals surface area contributed by atoms with Gasteiger partial charge in [-0.1, -0.05) is 31.0 Å². The van der Waals surface area contributed by atoms with Gasteiger partial charge in [-0.25, -0.2) is 8.42 Å². The van der Waals surface area contributed by atoms with E-state index in [1.165, 1.54) is 6.07 Å². The number of amides is 1. The second kappa shape index (κ2) is 7.36. The fraction of sp³-hybridized carbons (Fsp3) is 0.353. The van der Waals surface area contributed by atoms with Crippen molar-refractivity contribution in [2.45, 2.75) is 29.9 Å². The van der Waals surface area contributed by atoms with Crippen LogP contribution in [0.25, 0.3) is 0 Å². The van der Waals surface area contributed by atoms with E-state index in [9.17, 15) is 13.2 Å². The second-order valence-electron chi connectivity index (χ2n) is 5.83. The summed E-state index contributed by atoms with van der Waals surface area (Å²) in [4.78, 5) is 14.4. The van der Waals surface area contributed by atoms with E-state index in [0.29, 0.717) is 11.3 Å². The van der Waals surface area contributed by atoms with Crippen LogP contribution in [-0.2, 0) is 10.0 Å². The molecule has 1 aromatic heterocycles. The Morgan fingerprint density at radius 3 is 2.38 bits per heavy atom. The van der Waals surface area contributed by atoms with Crippen LogP contribution < -0.4 is 4.72 Å². The fourth-order valence-electron chi connectivity index (χ4n) is 2.74. The van der Waals surface area contributed by atoms with E-state index in [-0.39, 0.29) is 10.1 Å². The fourth-order valence-corrected chi connectivity index (χ4v) is 4.95. The van der Waals surface area contributed by atoms with Crippen LogP contribution >= 0.6 is 11.3 Å².